The first-order chi connectivity index (χ1) is 14.6. The van der Waals surface area contributed by atoms with Crippen LogP contribution >= 0.6 is 11.6 Å². The molecule has 152 valence electrons. The molecule has 7 nitrogen and oxygen atoms in total. The Hall–Kier alpha value is -3.16. The van der Waals surface area contributed by atoms with E-state index in [4.69, 9.17) is 21.8 Å². The van der Waals surface area contributed by atoms with Crippen molar-refractivity contribution in [1.82, 2.24) is 15.3 Å². The fraction of sp³-hybridized carbons (Fsp3) is 0.227. The number of aromatic nitrogens is 2. The van der Waals surface area contributed by atoms with Gasteiger partial charge in [-0.25, -0.2) is 9.97 Å². The molecular weight excluding hydrogens is 402 g/mol. The second-order valence-electron chi connectivity index (χ2n) is 7.41. The lowest BCUT2D eigenvalue weighted by atomic mass is 10.1. The highest BCUT2D eigenvalue weighted by Crippen LogP contribution is 2.30. The predicted molar refractivity (Wildman–Crippen MR) is 120 cm³/mol. The third kappa shape index (κ3) is 3.36. The van der Waals surface area contributed by atoms with E-state index in [9.17, 15) is 4.79 Å². The zero-order valence-corrected chi connectivity index (χ0v) is 16.9. The Kier molecular flexibility index (Phi) is 4.77. The minimum atomic E-state index is -0.297. The second-order valence-corrected chi connectivity index (χ2v) is 7.82. The second kappa shape index (κ2) is 7.59. The Labute approximate surface area is 177 Å². The lowest BCUT2D eigenvalue weighted by Crippen LogP contribution is -2.35. The molecular formula is C22H20ClN5O2. The number of benzene rings is 1. The van der Waals surface area contributed by atoms with Gasteiger partial charge in [-0.1, -0.05) is 17.7 Å². The van der Waals surface area contributed by atoms with Crippen LogP contribution in [0.3, 0.4) is 0 Å². The number of pyridine rings is 2. The lowest BCUT2D eigenvalue weighted by Gasteiger charge is -2.24. The Bertz CT molecular complexity index is 1300. The predicted octanol–water partition coefficient (Wildman–Crippen LogP) is 3.80. The van der Waals surface area contributed by atoms with Gasteiger partial charge in [0.1, 0.15) is 17.2 Å². The van der Waals surface area contributed by atoms with Gasteiger partial charge in [0.05, 0.1) is 10.4 Å². The molecule has 0 bridgehead atoms. The molecule has 4 aromatic rings. The van der Waals surface area contributed by atoms with Crippen molar-refractivity contribution >= 4 is 45.3 Å². The highest BCUT2D eigenvalue weighted by Gasteiger charge is 2.16. The number of piperidine rings is 1. The van der Waals surface area contributed by atoms with Gasteiger partial charge in [-0.15, -0.1) is 0 Å². The molecule has 4 heterocycles. The molecule has 3 aromatic heterocycles. The zero-order chi connectivity index (χ0) is 20.7. The molecule has 0 saturated carbocycles. The van der Waals surface area contributed by atoms with Crippen LogP contribution in [0.5, 0.6) is 0 Å². The van der Waals surface area contributed by atoms with E-state index in [0.29, 0.717) is 33.2 Å². The maximum atomic E-state index is 12.9. The SMILES string of the molecule is Nc1nc2c(=O)c3c(Cl)cccc3oc2cc1-c1ccc(NC2CCNCC2)nc1. The highest BCUT2D eigenvalue weighted by atomic mass is 35.5. The minimum absolute atomic E-state index is 0.161. The largest absolute Gasteiger partial charge is 0.454 e. The third-order valence-electron chi connectivity index (χ3n) is 5.42. The Morgan fingerprint density at radius 3 is 2.77 bits per heavy atom. The number of hydrogen-bond acceptors (Lipinski definition) is 7. The summed E-state index contributed by atoms with van der Waals surface area (Å²) in [6.07, 6.45) is 3.89. The summed E-state index contributed by atoms with van der Waals surface area (Å²) in [4.78, 5) is 21.7. The normalized spacial score (nSPS) is 15.0. The summed E-state index contributed by atoms with van der Waals surface area (Å²) in [5.41, 5.74) is 8.28. The van der Waals surface area contributed by atoms with Crippen molar-refractivity contribution in [3.63, 3.8) is 0 Å². The maximum absolute atomic E-state index is 12.9. The van der Waals surface area contributed by atoms with E-state index in [1.165, 1.54) is 0 Å². The molecule has 1 aliphatic heterocycles. The van der Waals surface area contributed by atoms with E-state index in [-0.39, 0.29) is 16.8 Å². The Balaban J connectivity index is 1.53. The summed E-state index contributed by atoms with van der Waals surface area (Å²) in [5, 5.41) is 7.45. The summed E-state index contributed by atoms with van der Waals surface area (Å²) in [5.74, 6) is 1.06. The first kappa shape index (κ1) is 18.8. The van der Waals surface area contributed by atoms with E-state index in [2.05, 4.69) is 20.6 Å². The Morgan fingerprint density at radius 1 is 1.17 bits per heavy atom. The molecule has 0 radical (unpaired) electrons. The number of anilines is 2. The number of halogens is 1. The lowest BCUT2D eigenvalue weighted by molar-refractivity contribution is 0.478. The molecule has 8 heteroatoms. The number of fused-ring (bicyclic) bond motifs is 2. The first-order valence-electron chi connectivity index (χ1n) is 9.85. The van der Waals surface area contributed by atoms with Gasteiger partial charge in [0, 0.05) is 23.4 Å². The molecule has 4 N–H and O–H groups in total. The van der Waals surface area contributed by atoms with Crippen molar-refractivity contribution in [3.05, 3.63) is 57.8 Å². The molecule has 1 aliphatic rings. The van der Waals surface area contributed by atoms with E-state index in [1.54, 1.807) is 30.5 Å². The van der Waals surface area contributed by atoms with Crippen LogP contribution in [0.4, 0.5) is 11.6 Å². The van der Waals surface area contributed by atoms with E-state index >= 15 is 0 Å². The summed E-state index contributed by atoms with van der Waals surface area (Å²) < 4.78 is 5.91. The van der Waals surface area contributed by atoms with Gasteiger partial charge in [-0.3, -0.25) is 4.79 Å². The number of rotatable bonds is 3. The fourth-order valence-corrected chi connectivity index (χ4v) is 4.09. The number of nitrogens with zero attached hydrogens (tertiary/aromatic N) is 2. The van der Waals surface area contributed by atoms with Crippen LogP contribution in [0, 0.1) is 0 Å². The average Bonchev–Trinajstić information content (AvgIpc) is 2.75. The van der Waals surface area contributed by atoms with Crippen LogP contribution in [0.1, 0.15) is 12.8 Å². The van der Waals surface area contributed by atoms with Crippen molar-refractivity contribution in [2.45, 2.75) is 18.9 Å². The van der Waals surface area contributed by atoms with Crippen LogP contribution in [0.25, 0.3) is 33.2 Å². The summed E-state index contributed by atoms with van der Waals surface area (Å²) >= 11 is 6.18. The summed E-state index contributed by atoms with van der Waals surface area (Å²) in [7, 11) is 0. The number of nitrogens with two attached hydrogens (primary N) is 1. The van der Waals surface area contributed by atoms with Gasteiger partial charge in [-0.05, 0) is 56.3 Å². The van der Waals surface area contributed by atoms with Gasteiger partial charge < -0.3 is 20.8 Å². The zero-order valence-electron chi connectivity index (χ0n) is 16.1. The number of nitrogen functional groups attached to an aromatic ring is 1. The molecule has 0 unspecified atom stereocenters. The molecule has 0 atom stereocenters. The number of hydrogen-bond donors (Lipinski definition) is 3. The molecule has 1 aromatic carbocycles. The molecule has 0 amide bonds. The summed E-state index contributed by atoms with van der Waals surface area (Å²) in [6.45, 7) is 2.03. The monoisotopic (exact) mass is 421 g/mol. The first-order valence-corrected chi connectivity index (χ1v) is 10.2. The fourth-order valence-electron chi connectivity index (χ4n) is 3.84. The molecule has 0 aliphatic carbocycles. The van der Waals surface area contributed by atoms with Gasteiger partial charge in [0.15, 0.2) is 11.1 Å². The van der Waals surface area contributed by atoms with Crippen molar-refractivity contribution in [3.8, 4) is 11.1 Å². The molecule has 30 heavy (non-hydrogen) atoms. The highest BCUT2D eigenvalue weighted by molar-refractivity contribution is 6.35. The molecule has 5 rings (SSSR count). The average molecular weight is 422 g/mol. The van der Waals surface area contributed by atoms with Gasteiger partial charge in [0.2, 0.25) is 5.43 Å². The van der Waals surface area contributed by atoms with Crippen molar-refractivity contribution in [2.24, 2.45) is 0 Å². The van der Waals surface area contributed by atoms with E-state index in [0.717, 1.165) is 37.3 Å². The molecule has 1 fully saturated rings. The van der Waals surface area contributed by atoms with Crippen LogP contribution < -0.4 is 21.8 Å². The molecule has 0 spiro atoms. The topological polar surface area (TPSA) is 106 Å². The third-order valence-corrected chi connectivity index (χ3v) is 5.74. The van der Waals surface area contributed by atoms with Crippen molar-refractivity contribution in [1.29, 1.82) is 0 Å². The maximum Gasteiger partial charge on any atom is 0.220 e. The van der Waals surface area contributed by atoms with Crippen LogP contribution in [-0.4, -0.2) is 29.1 Å². The molecule has 1 saturated heterocycles. The van der Waals surface area contributed by atoms with Gasteiger partial charge >= 0.3 is 0 Å². The quantitative estimate of drug-likeness (QED) is 0.432. The van der Waals surface area contributed by atoms with Gasteiger partial charge in [-0.2, -0.15) is 0 Å². The Morgan fingerprint density at radius 2 is 2.00 bits per heavy atom. The van der Waals surface area contributed by atoms with Crippen LogP contribution in [0.15, 0.2) is 51.8 Å². The van der Waals surface area contributed by atoms with Crippen molar-refractivity contribution in [2.75, 3.05) is 24.1 Å². The van der Waals surface area contributed by atoms with Crippen LogP contribution in [-0.2, 0) is 0 Å². The van der Waals surface area contributed by atoms with Crippen molar-refractivity contribution < 1.29 is 4.42 Å². The van der Waals surface area contributed by atoms with E-state index in [1.807, 2.05) is 12.1 Å². The van der Waals surface area contributed by atoms with E-state index < -0.39 is 0 Å². The van der Waals surface area contributed by atoms with Crippen LogP contribution in [0.2, 0.25) is 5.02 Å². The van der Waals surface area contributed by atoms with Gasteiger partial charge in [0.25, 0.3) is 0 Å². The minimum Gasteiger partial charge on any atom is -0.454 e. The standard InChI is InChI=1S/C22H20ClN5O2/c23-15-2-1-3-16-19(15)21(29)20-17(30-16)10-14(22(24)28-20)12-4-5-18(26-11-12)27-13-6-8-25-9-7-13/h1-5,10-11,13,25H,6-9H2,(H2,24,28)(H,26,27). The number of nitrogens with one attached hydrogen (secondary N) is 2. The smallest absolute Gasteiger partial charge is 0.220 e. The summed E-state index contributed by atoms with van der Waals surface area (Å²) in [6, 6.07) is 11.1.